The van der Waals surface area contributed by atoms with Gasteiger partial charge in [-0.25, -0.2) is 0 Å². The van der Waals surface area contributed by atoms with Gasteiger partial charge in [-0.2, -0.15) is 0 Å². The Bertz CT molecular complexity index is 427. The summed E-state index contributed by atoms with van der Waals surface area (Å²) in [4.78, 5) is 10.5. The lowest BCUT2D eigenvalue weighted by molar-refractivity contribution is -0.137. The maximum Gasteiger partial charge on any atom is 0.303 e. The molecule has 0 aliphatic heterocycles. The van der Waals surface area contributed by atoms with E-state index in [4.69, 9.17) is 9.84 Å². The first-order valence-corrected chi connectivity index (χ1v) is 6.83. The minimum atomic E-state index is -0.744. The molecule has 1 aromatic carbocycles. The fourth-order valence-electron chi connectivity index (χ4n) is 1.91. The molecule has 0 saturated carbocycles. The van der Waals surface area contributed by atoms with Crippen LogP contribution < -0.4 is 4.74 Å². The molecule has 0 radical (unpaired) electrons. The molecule has 4 heteroatoms. The van der Waals surface area contributed by atoms with Crippen molar-refractivity contribution in [2.45, 2.75) is 39.0 Å². The lowest BCUT2D eigenvalue weighted by Gasteiger charge is -2.15. The standard InChI is InChI=1S/C14H19BrO3/c1-9(2)11-7-10(5-4-6-13(16)17)8-12(15)14(11)18-3/h7-9H,4-6H2,1-3H3,(H,16,17). The molecule has 0 spiro atoms. The topological polar surface area (TPSA) is 46.5 Å². The third-order valence-electron chi connectivity index (χ3n) is 2.81. The molecule has 0 amide bonds. The van der Waals surface area contributed by atoms with Gasteiger partial charge in [-0.15, -0.1) is 0 Å². The molecule has 1 N–H and O–H groups in total. The van der Waals surface area contributed by atoms with Crippen LogP contribution in [0.25, 0.3) is 0 Å². The van der Waals surface area contributed by atoms with Crippen molar-refractivity contribution < 1.29 is 14.6 Å². The van der Waals surface area contributed by atoms with Gasteiger partial charge < -0.3 is 9.84 Å². The molecule has 1 rings (SSSR count). The van der Waals surface area contributed by atoms with Gasteiger partial charge in [-0.05, 0) is 51.9 Å². The van der Waals surface area contributed by atoms with Gasteiger partial charge >= 0.3 is 5.97 Å². The molecule has 0 aliphatic rings. The Morgan fingerprint density at radius 1 is 1.44 bits per heavy atom. The van der Waals surface area contributed by atoms with Crippen molar-refractivity contribution in [3.63, 3.8) is 0 Å². The Morgan fingerprint density at radius 3 is 2.61 bits per heavy atom. The lowest BCUT2D eigenvalue weighted by Crippen LogP contribution is -2.00. The summed E-state index contributed by atoms with van der Waals surface area (Å²) in [6.07, 6.45) is 1.64. The second kappa shape index (κ2) is 6.78. The summed E-state index contributed by atoms with van der Waals surface area (Å²) in [5.74, 6) is 0.495. The van der Waals surface area contributed by atoms with Crippen molar-refractivity contribution in [3.05, 3.63) is 27.7 Å². The highest BCUT2D eigenvalue weighted by molar-refractivity contribution is 9.10. The second-order valence-corrected chi connectivity index (χ2v) is 5.46. The number of carboxylic acid groups (broad SMARTS) is 1. The fourth-order valence-corrected chi connectivity index (χ4v) is 2.59. The number of aliphatic carboxylic acids is 1. The van der Waals surface area contributed by atoms with E-state index in [9.17, 15) is 4.79 Å². The van der Waals surface area contributed by atoms with Crippen LogP contribution in [0.2, 0.25) is 0 Å². The number of benzene rings is 1. The normalized spacial score (nSPS) is 10.7. The van der Waals surface area contributed by atoms with E-state index in [1.54, 1.807) is 7.11 Å². The predicted octanol–water partition coefficient (Wildman–Crippen LogP) is 3.99. The summed E-state index contributed by atoms with van der Waals surface area (Å²) in [5, 5.41) is 8.64. The second-order valence-electron chi connectivity index (χ2n) is 4.60. The van der Waals surface area contributed by atoms with Gasteiger partial charge in [-0.1, -0.05) is 19.9 Å². The fraction of sp³-hybridized carbons (Fsp3) is 0.500. The van der Waals surface area contributed by atoms with Gasteiger partial charge in [-0.3, -0.25) is 4.79 Å². The molecule has 100 valence electrons. The highest BCUT2D eigenvalue weighted by Crippen LogP contribution is 2.35. The van der Waals surface area contributed by atoms with Crippen molar-refractivity contribution >= 4 is 21.9 Å². The van der Waals surface area contributed by atoms with Crippen molar-refractivity contribution in [1.82, 2.24) is 0 Å². The van der Waals surface area contributed by atoms with Crippen LogP contribution in [0.4, 0.5) is 0 Å². The van der Waals surface area contributed by atoms with Gasteiger partial charge in [0.25, 0.3) is 0 Å². The van der Waals surface area contributed by atoms with Crippen LogP contribution in [-0.2, 0) is 11.2 Å². The Hall–Kier alpha value is -1.03. The molecule has 18 heavy (non-hydrogen) atoms. The van der Waals surface area contributed by atoms with Crippen LogP contribution in [0, 0.1) is 0 Å². The van der Waals surface area contributed by atoms with Gasteiger partial charge in [0.05, 0.1) is 11.6 Å². The summed E-state index contributed by atoms with van der Waals surface area (Å²) in [6.45, 7) is 4.23. The van der Waals surface area contributed by atoms with Gasteiger partial charge in [0.1, 0.15) is 5.75 Å². The maximum absolute atomic E-state index is 10.5. The lowest BCUT2D eigenvalue weighted by atomic mass is 9.97. The molecule has 0 heterocycles. The Balaban J connectivity index is 2.91. The maximum atomic E-state index is 10.5. The summed E-state index contributed by atoms with van der Waals surface area (Å²) < 4.78 is 6.33. The number of carboxylic acids is 1. The molecule has 0 atom stereocenters. The summed E-state index contributed by atoms with van der Waals surface area (Å²) in [7, 11) is 1.66. The van der Waals surface area contributed by atoms with Crippen molar-refractivity contribution in [1.29, 1.82) is 0 Å². The number of hydrogen-bond donors (Lipinski definition) is 1. The number of aryl methyl sites for hydroxylation is 1. The monoisotopic (exact) mass is 314 g/mol. The number of carbonyl (C=O) groups is 1. The molecule has 0 unspecified atom stereocenters. The molecule has 0 aromatic heterocycles. The van der Waals surface area contributed by atoms with E-state index < -0.39 is 5.97 Å². The first kappa shape index (κ1) is 15.0. The van der Waals surface area contributed by atoms with E-state index in [1.165, 1.54) is 0 Å². The van der Waals surface area contributed by atoms with E-state index in [0.717, 1.165) is 27.8 Å². The molecule has 0 fully saturated rings. The van der Waals surface area contributed by atoms with Crippen molar-refractivity contribution in [2.24, 2.45) is 0 Å². The van der Waals surface area contributed by atoms with Crippen LogP contribution >= 0.6 is 15.9 Å². The first-order chi connectivity index (χ1) is 8.45. The van der Waals surface area contributed by atoms with E-state index in [2.05, 4.69) is 35.8 Å². The quantitative estimate of drug-likeness (QED) is 0.863. The largest absolute Gasteiger partial charge is 0.495 e. The molecular formula is C14H19BrO3. The zero-order valence-electron chi connectivity index (χ0n) is 11.0. The summed E-state index contributed by atoms with van der Waals surface area (Å²) >= 11 is 3.51. The Labute approximate surface area is 116 Å². The minimum Gasteiger partial charge on any atom is -0.495 e. The van der Waals surface area contributed by atoms with Crippen LogP contribution in [0.5, 0.6) is 5.75 Å². The Morgan fingerprint density at radius 2 is 2.11 bits per heavy atom. The van der Waals surface area contributed by atoms with Crippen LogP contribution in [0.3, 0.4) is 0 Å². The van der Waals surface area contributed by atoms with Gasteiger partial charge in [0.15, 0.2) is 0 Å². The van der Waals surface area contributed by atoms with Crippen molar-refractivity contribution in [2.75, 3.05) is 7.11 Å². The highest BCUT2D eigenvalue weighted by Gasteiger charge is 2.13. The van der Waals surface area contributed by atoms with Crippen LogP contribution in [-0.4, -0.2) is 18.2 Å². The molecule has 0 aliphatic carbocycles. The molecule has 0 saturated heterocycles. The van der Waals surface area contributed by atoms with Crippen LogP contribution in [0.15, 0.2) is 16.6 Å². The Kier molecular flexibility index (Phi) is 5.66. The molecular weight excluding hydrogens is 296 g/mol. The van der Waals surface area contributed by atoms with E-state index in [0.29, 0.717) is 12.3 Å². The van der Waals surface area contributed by atoms with Gasteiger partial charge in [0, 0.05) is 6.42 Å². The number of halogens is 1. The summed E-state index contributed by atoms with van der Waals surface area (Å²) in [5.41, 5.74) is 2.30. The summed E-state index contributed by atoms with van der Waals surface area (Å²) in [6, 6.07) is 4.11. The number of hydrogen-bond acceptors (Lipinski definition) is 2. The smallest absolute Gasteiger partial charge is 0.303 e. The van der Waals surface area contributed by atoms with Gasteiger partial charge in [0.2, 0.25) is 0 Å². The van der Waals surface area contributed by atoms with Crippen LogP contribution in [0.1, 0.15) is 43.7 Å². The average Bonchev–Trinajstić information content (AvgIpc) is 2.27. The van der Waals surface area contributed by atoms with E-state index >= 15 is 0 Å². The third kappa shape index (κ3) is 4.02. The number of methoxy groups -OCH3 is 1. The van der Waals surface area contributed by atoms with Crippen molar-refractivity contribution in [3.8, 4) is 5.75 Å². The predicted molar refractivity (Wildman–Crippen MR) is 75.4 cm³/mol. The van der Waals surface area contributed by atoms with E-state index in [-0.39, 0.29) is 6.42 Å². The van der Waals surface area contributed by atoms with E-state index in [1.807, 2.05) is 6.07 Å². The minimum absolute atomic E-state index is 0.209. The molecule has 1 aromatic rings. The zero-order chi connectivity index (χ0) is 13.7. The number of ether oxygens (including phenoxy) is 1. The number of rotatable bonds is 6. The molecule has 3 nitrogen and oxygen atoms in total. The first-order valence-electron chi connectivity index (χ1n) is 6.03. The molecule has 0 bridgehead atoms. The highest BCUT2D eigenvalue weighted by atomic mass is 79.9. The average molecular weight is 315 g/mol. The zero-order valence-corrected chi connectivity index (χ0v) is 12.6. The third-order valence-corrected chi connectivity index (χ3v) is 3.40. The SMILES string of the molecule is COc1c(Br)cc(CCCC(=O)O)cc1C(C)C.